The monoisotopic (exact) mass is 463 g/mol. The first-order valence-corrected chi connectivity index (χ1v) is 10.4. The van der Waals surface area contributed by atoms with Crippen LogP contribution in [0.1, 0.15) is 34.5 Å². The molecule has 2 aromatic rings. The lowest BCUT2D eigenvalue weighted by Gasteiger charge is -2.23. The third kappa shape index (κ3) is 5.68. The van der Waals surface area contributed by atoms with E-state index in [-0.39, 0.29) is 11.8 Å². The Morgan fingerprint density at radius 1 is 1.12 bits per heavy atom. The van der Waals surface area contributed by atoms with Gasteiger partial charge in [-0.05, 0) is 37.5 Å². The molecule has 2 aliphatic rings. The number of benzene rings is 1. The molecule has 0 saturated carbocycles. The molecule has 10 heteroatoms. The summed E-state index contributed by atoms with van der Waals surface area (Å²) in [6.45, 7) is 4.61. The number of aryl methyl sites for hydroxylation is 1. The van der Waals surface area contributed by atoms with Crippen molar-refractivity contribution in [2.75, 3.05) is 19.6 Å². The molecule has 2 fully saturated rings. The van der Waals surface area contributed by atoms with Gasteiger partial charge >= 0.3 is 12.1 Å². The number of likely N-dealkylation sites (tertiary alicyclic amines) is 2. The molecule has 1 aromatic carbocycles. The summed E-state index contributed by atoms with van der Waals surface area (Å²) < 4.78 is 31.7. The van der Waals surface area contributed by atoms with Crippen LogP contribution in [0.2, 0.25) is 0 Å². The van der Waals surface area contributed by atoms with E-state index in [0.717, 1.165) is 24.9 Å². The van der Waals surface area contributed by atoms with Crippen molar-refractivity contribution < 1.29 is 32.7 Å². The molecule has 33 heavy (non-hydrogen) atoms. The third-order valence-corrected chi connectivity index (χ3v) is 5.82. The van der Waals surface area contributed by atoms with Crippen LogP contribution in [0, 0.1) is 12.3 Å². The largest absolute Gasteiger partial charge is 0.490 e. The third-order valence-electron chi connectivity index (χ3n) is 5.82. The highest BCUT2D eigenvalue weighted by Crippen LogP contribution is 2.41. The molecule has 2 saturated heterocycles. The van der Waals surface area contributed by atoms with Crippen molar-refractivity contribution in [2.24, 2.45) is 5.41 Å². The van der Waals surface area contributed by atoms with Gasteiger partial charge in [-0.3, -0.25) is 14.6 Å². The molecule has 1 unspecified atom stereocenters. The minimum absolute atomic E-state index is 0.0765. The maximum absolute atomic E-state index is 13.1. The van der Waals surface area contributed by atoms with Crippen molar-refractivity contribution in [3.63, 3.8) is 0 Å². The fourth-order valence-corrected chi connectivity index (χ4v) is 4.15. The minimum atomic E-state index is -5.08. The smallest absolute Gasteiger partial charge is 0.475 e. The summed E-state index contributed by atoms with van der Waals surface area (Å²) in [4.78, 5) is 42.5. The molecule has 0 bridgehead atoms. The molecular formula is C23H24F3N3O4. The lowest BCUT2D eigenvalue weighted by Crippen LogP contribution is -2.38. The number of aromatic nitrogens is 1. The Labute approximate surface area is 188 Å². The van der Waals surface area contributed by atoms with Crippen molar-refractivity contribution in [1.82, 2.24) is 14.8 Å². The Bertz CT molecular complexity index is 1030. The number of nitrogens with zero attached hydrogens (tertiary/aromatic N) is 3. The summed E-state index contributed by atoms with van der Waals surface area (Å²) in [6, 6.07) is 13.6. The zero-order valence-corrected chi connectivity index (χ0v) is 18.0. The Hall–Kier alpha value is -3.43. The maximum Gasteiger partial charge on any atom is 0.490 e. The predicted molar refractivity (Wildman–Crippen MR) is 112 cm³/mol. The molecular weight excluding hydrogens is 439 g/mol. The molecule has 1 spiro atoms. The first kappa shape index (κ1) is 24.2. The van der Waals surface area contributed by atoms with Crippen LogP contribution in [0.25, 0.3) is 0 Å². The Morgan fingerprint density at radius 3 is 2.42 bits per heavy atom. The summed E-state index contributed by atoms with van der Waals surface area (Å²) in [7, 11) is 0. The SMILES string of the molecule is Cc1cccc(CN2CCC3(CCN(C(=O)c4ccccn4)C3)C2=O)c1.O=C(O)C(F)(F)F. The topological polar surface area (TPSA) is 90.8 Å². The number of hydrogen-bond acceptors (Lipinski definition) is 4. The highest BCUT2D eigenvalue weighted by molar-refractivity contribution is 5.94. The normalized spacial score (nSPS) is 20.1. The van der Waals surface area contributed by atoms with Gasteiger partial charge in [0, 0.05) is 32.4 Å². The Balaban J connectivity index is 0.000000383. The Kier molecular flexibility index (Phi) is 7.04. The number of alkyl halides is 3. The van der Waals surface area contributed by atoms with Crippen molar-refractivity contribution >= 4 is 17.8 Å². The lowest BCUT2D eigenvalue weighted by atomic mass is 9.85. The molecule has 176 valence electrons. The van der Waals surface area contributed by atoms with Gasteiger partial charge in [-0.25, -0.2) is 4.79 Å². The van der Waals surface area contributed by atoms with Gasteiger partial charge in [0.05, 0.1) is 5.41 Å². The molecule has 2 amide bonds. The van der Waals surface area contributed by atoms with Crippen molar-refractivity contribution in [1.29, 1.82) is 0 Å². The highest BCUT2D eigenvalue weighted by atomic mass is 19.4. The van der Waals surface area contributed by atoms with E-state index in [0.29, 0.717) is 25.3 Å². The van der Waals surface area contributed by atoms with Crippen molar-refractivity contribution in [2.45, 2.75) is 32.5 Å². The van der Waals surface area contributed by atoms with Crippen molar-refractivity contribution in [3.05, 3.63) is 65.5 Å². The second-order valence-corrected chi connectivity index (χ2v) is 8.24. The standard InChI is InChI=1S/C21H23N3O2.C2HF3O2/c1-16-5-4-6-17(13-16)14-23-11-8-21(20(23)26)9-12-24(15-21)19(25)18-7-2-3-10-22-18;3-2(4,5)1(6)7/h2-7,10,13H,8-9,11-12,14-15H2,1H3;(H,6,7). The zero-order valence-electron chi connectivity index (χ0n) is 18.0. The van der Waals surface area contributed by atoms with E-state index in [1.54, 1.807) is 23.2 Å². The summed E-state index contributed by atoms with van der Waals surface area (Å²) in [5.41, 5.74) is 2.41. The van der Waals surface area contributed by atoms with Crippen LogP contribution in [0.4, 0.5) is 13.2 Å². The number of carboxylic acid groups (broad SMARTS) is 1. The number of pyridine rings is 1. The van der Waals surface area contributed by atoms with Crippen LogP contribution < -0.4 is 0 Å². The molecule has 4 rings (SSSR count). The van der Waals surface area contributed by atoms with Crippen LogP contribution in [0.15, 0.2) is 48.7 Å². The van der Waals surface area contributed by atoms with Crippen LogP contribution in [0.3, 0.4) is 0 Å². The van der Waals surface area contributed by atoms with E-state index in [2.05, 4.69) is 30.1 Å². The lowest BCUT2D eigenvalue weighted by molar-refractivity contribution is -0.192. The summed E-state index contributed by atoms with van der Waals surface area (Å²) in [6.07, 6.45) is -1.89. The molecule has 0 aliphatic carbocycles. The summed E-state index contributed by atoms with van der Waals surface area (Å²) >= 11 is 0. The van der Waals surface area contributed by atoms with E-state index in [1.807, 2.05) is 17.0 Å². The Morgan fingerprint density at radius 2 is 1.82 bits per heavy atom. The van der Waals surface area contributed by atoms with E-state index in [1.165, 1.54) is 5.56 Å². The summed E-state index contributed by atoms with van der Waals surface area (Å²) in [5.74, 6) is -2.64. The number of hydrogen-bond donors (Lipinski definition) is 1. The van der Waals surface area contributed by atoms with Gasteiger partial charge in [-0.15, -0.1) is 0 Å². The second-order valence-electron chi connectivity index (χ2n) is 8.24. The van der Waals surface area contributed by atoms with Gasteiger partial charge in [0.2, 0.25) is 5.91 Å². The number of aliphatic carboxylic acids is 1. The van der Waals surface area contributed by atoms with Gasteiger partial charge < -0.3 is 14.9 Å². The van der Waals surface area contributed by atoms with E-state index < -0.39 is 17.6 Å². The molecule has 1 atom stereocenters. The number of carboxylic acids is 1. The first-order chi connectivity index (χ1) is 15.5. The summed E-state index contributed by atoms with van der Waals surface area (Å²) in [5, 5.41) is 7.12. The molecule has 1 aromatic heterocycles. The van der Waals surface area contributed by atoms with E-state index in [4.69, 9.17) is 9.90 Å². The average molecular weight is 463 g/mol. The van der Waals surface area contributed by atoms with E-state index in [9.17, 15) is 22.8 Å². The van der Waals surface area contributed by atoms with Gasteiger partial charge in [-0.2, -0.15) is 13.2 Å². The fraction of sp³-hybridized carbons (Fsp3) is 0.391. The number of halogens is 3. The molecule has 1 N–H and O–H groups in total. The number of rotatable bonds is 3. The number of carbonyl (C=O) groups is 3. The second kappa shape index (κ2) is 9.60. The first-order valence-electron chi connectivity index (χ1n) is 10.4. The molecule has 2 aliphatic heterocycles. The highest BCUT2D eigenvalue weighted by Gasteiger charge is 2.51. The maximum atomic E-state index is 13.1. The van der Waals surface area contributed by atoms with Gasteiger partial charge in [-0.1, -0.05) is 35.9 Å². The van der Waals surface area contributed by atoms with Crippen LogP contribution in [0.5, 0.6) is 0 Å². The fourth-order valence-electron chi connectivity index (χ4n) is 4.15. The van der Waals surface area contributed by atoms with Gasteiger partial charge in [0.25, 0.3) is 5.91 Å². The number of carbonyl (C=O) groups excluding carboxylic acids is 2. The average Bonchev–Trinajstić information content (AvgIpc) is 3.33. The molecule has 0 radical (unpaired) electrons. The quantitative estimate of drug-likeness (QED) is 0.755. The predicted octanol–water partition coefficient (Wildman–Crippen LogP) is 3.29. The molecule has 3 heterocycles. The van der Waals surface area contributed by atoms with Crippen LogP contribution in [-0.2, 0) is 16.1 Å². The van der Waals surface area contributed by atoms with Gasteiger partial charge in [0.15, 0.2) is 0 Å². The van der Waals surface area contributed by atoms with Gasteiger partial charge in [0.1, 0.15) is 5.69 Å². The van der Waals surface area contributed by atoms with Crippen molar-refractivity contribution in [3.8, 4) is 0 Å². The van der Waals surface area contributed by atoms with Crippen LogP contribution in [-0.4, -0.2) is 63.5 Å². The van der Waals surface area contributed by atoms with E-state index >= 15 is 0 Å². The minimum Gasteiger partial charge on any atom is -0.475 e. The number of amides is 2. The zero-order chi connectivity index (χ0) is 24.2. The van der Waals surface area contributed by atoms with Crippen LogP contribution >= 0.6 is 0 Å². The molecule has 7 nitrogen and oxygen atoms in total.